The topological polar surface area (TPSA) is 260 Å². The summed E-state index contributed by atoms with van der Waals surface area (Å²) in [6.07, 6.45) is 2.81. The quantitative estimate of drug-likeness (QED) is 0.0645. The molecule has 1 aliphatic heterocycles. The van der Waals surface area contributed by atoms with Gasteiger partial charge in [0.2, 0.25) is 23.6 Å². The van der Waals surface area contributed by atoms with Gasteiger partial charge in [0.1, 0.15) is 18.1 Å². The molecule has 3 rings (SSSR count). The molecule has 0 radical (unpaired) electrons. The second kappa shape index (κ2) is 14.6. The first-order valence-corrected chi connectivity index (χ1v) is 13.3. The molecule has 15 heteroatoms. The maximum Gasteiger partial charge on any atom is 0.326 e. The van der Waals surface area contributed by atoms with Gasteiger partial charge in [-0.05, 0) is 43.9 Å². The lowest BCUT2D eigenvalue weighted by Gasteiger charge is -2.25. The summed E-state index contributed by atoms with van der Waals surface area (Å²) in [7, 11) is 0. The number of para-hydroxylation sites is 1. The van der Waals surface area contributed by atoms with Crippen LogP contribution in [0.1, 0.15) is 37.7 Å². The summed E-state index contributed by atoms with van der Waals surface area (Å²) in [5, 5.41) is 21.2. The molecule has 0 saturated carbocycles. The number of H-pyrrole nitrogens is 1. The molecule has 0 bridgehead atoms. The van der Waals surface area contributed by atoms with Crippen molar-refractivity contribution in [2.75, 3.05) is 13.1 Å². The molecule has 41 heavy (non-hydrogen) atoms. The van der Waals surface area contributed by atoms with Gasteiger partial charge in [0.05, 0.1) is 12.5 Å². The molecule has 1 aromatic carbocycles. The number of amides is 4. The standard InChI is InChI=1S/C26H37N9O6/c27-21(36)12-19(34-22(37)17-7-3-9-30-17)24(39)33-18(8-4-10-31-26(28)29)23(38)35-20(25(40)41)11-14-13-32-16-6-2-1-5-15(14)16/h1-2,5-6,13,17-20,30,32H,3-4,7-12H2,(H2,27,36)(H,33,39)(H,34,37)(H,35,38)(H,40,41)(H4,28,29,31). The molecule has 4 amide bonds. The number of nitrogens with two attached hydrogens (primary N) is 3. The minimum Gasteiger partial charge on any atom is -0.480 e. The molecule has 2 aromatic rings. The number of hydrogen-bond acceptors (Lipinski definition) is 7. The van der Waals surface area contributed by atoms with E-state index in [1.165, 1.54) is 0 Å². The number of guanidine groups is 1. The largest absolute Gasteiger partial charge is 0.480 e. The first kappa shape index (κ1) is 30.9. The Morgan fingerprint density at radius 3 is 2.37 bits per heavy atom. The Labute approximate surface area is 236 Å². The molecule has 2 heterocycles. The molecule has 0 aliphatic carbocycles. The van der Waals surface area contributed by atoms with Crippen LogP contribution in [0.15, 0.2) is 35.5 Å². The highest BCUT2D eigenvalue weighted by molar-refractivity contribution is 5.96. The van der Waals surface area contributed by atoms with Crippen LogP contribution in [-0.4, -0.2) is 82.9 Å². The smallest absolute Gasteiger partial charge is 0.326 e. The average molecular weight is 572 g/mol. The van der Waals surface area contributed by atoms with Crippen LogP contribution in [-0.2, 0) is 30.4 Å². The maximum absolute atomic E-state index is 13.3. The molecule has 4 unspecified atom stereocenters. The van der Waals surface area contributed by atoms with Gasteiger partial charge in [-0.25, -0.2) is 4.79 Å². The van der Waals surface area contributed by atoms with Gasteiger partial charge in [-0.3, -0.25) is 24.2 Å². The minimum atomic E-state index is -1.34. The van der Waals surface area contributed by atoms with Gasteiger partial charge in [0, 0.05) is 30.1 Å². The molecular weight excluding hydrogens is 534 g/mol. The lowest BCUT2D eigenvalue weighted by atomic mass is 10.0. The Morgan fingerprint density at radius 1 is 1.00 bits per heavy atom. The molecule has 1 aliphatic rings. The Balaban J connectivity index is 1.75. The Morgan fingerprint density at radius 2 is 1.71 bits per heavy atom. The zero-order valence-corrected chi connectivity index (χ0v) is 22.5. The Hall–Kier alpha value is -4.66. The van der Waals surface area contributed by atoms with Crippen molar-refractivity contribution >= 4 is 46.5 Å². The van der Waals surface area contributed by atoms with Crippen LogP contribution < -0.4 is 38.5 Å². The molecule has 4 atom stereocenters. The second-order valence-electron chi connectivity index (χ2n) is 9.85. The summed E-state index contributed by atoms with van der Waals surface area (Å²) in [5.74, 6) is -4.30. The van der Waals surface area contributed by atoms with Gasteiger partial charge < -0.3 is 48.6 Å². The number of fused-ring (bicyclic) bond motifs is 1. The van der Waals surface area contributed by atoms with Crippen LogP contribution in [0.3, 0.4) is 0 Å². The van der Waals surface area contributed by atoms with Crippen LogP contribution >= 0.6 is 0 Å². The van der Waals surface area contributed by atoms with Crippen molar-refractivity contribution < 1.29 is 29.1 Å². The van der Waals surface area contributed by atoms with Gasteiger partial charge in [-0.2, -0.15) is 0 Å². The van der Waals surface area contributed by atoms with E-state index in [-0.39, 0.29) is 31.8 Å². The van der Waals surface area contributed by atoms with Crippen molar-refractivity contribution in [2.45, 2.75) is 62.7 Å². The average Bonchev–Trinajstić information content (AvgIpc) is 3.60. The monoisotopic (exact) mass is 571 g/mol. The van der Waals surface area contributed by atoms with E-state index in [2.05, 4.69) is 31.2 Å². The number of benzene rings is 1. The SMILES string of the molecule is NC(=O)CC(NC(=O)C1CCCN1)C(=O)NC(CCCN=C(N)N)C(=O)NC(Cc1c[nH]c2ccccc12)C(=O)O. The fraction of sp³-hybridized carbons (Fsp3) is 0.462. The molecular formula is C26H37N9O6. The third-order valence-electron chi connectivity index (χ3n) is 6.71. The van der Waals surface area contributed by atoms with E-state index in [1.807, 2.05) is 24.3 Å². The minimum absolute atomic E-state index is 0.0193. The predicted molar refractivity (Wildman–Crippen MR) is 150 cm³/mol. The number of aliphatic carboxylic acids is 1. The van der Waals surface area contributed by atoms with Crippen LogP contribution in [0.5, 0.6) is 0 Å². The van der Waals surface area contributed by atoms with E-state index in [0.717, 1.165) is 17.3 Å². The van der Waals surface area contributed by atoms with Crippen molar-refractivity contribution in [1.29, 1.82) is 0 Å². The maximum atomic E-state index is 13.3. The molecule has 0 spiro atoms. The van der Waals surface area contributed by atoms with Crippen molar-refractivity contribution in [3.8, 4) is 0 Å². The number of aliphatic imine (C=N–C) groups is 1. The van der Waals surface area contributed by atoms with E-state index >= 15 is 0 Å². The van der Waals surface area contributed by atoms with E-state index < -0.39 is 60.2 Å². The van der Waals surface area contributed by atoms with Crippen LogP contribution in [0.4, 0.5) is 0 Å². The third kappa shape index (κ3) is 9.20. The van der Waals surface area contributed by atoms with E-state index in [4.69, 9.17) is 17.2 Å². The molecule has 12 N–H and O–H groups in total. The Kier molecular flexibility index (Phi) is 11.0. The number of carbonyl (C=O) groups excluding carboxylic acids is 4. The number of carboxylic acids is 1. The molecule has 1 fully saturated rings. The van der Waals surface area contributed by atoms with Crippen molar-refractivity contribution in [3.05, 3.63) is 36.0 Å². The lowest BCUT2D eigenvalue weighted by Crippen LogP contribution is -2.57. The first-order valence-electron chi connectivity index (χ1n) is 13.3. The number of carbonyl (C=O) groups is 5. The van der Waals surface area contributed by atoms with Crippen LogP contribution in [0, 0.1) is 0 Å². The highest BCUT2D eigenvalue weighted by atomic mass is 16.4. The highest BCUT2D eigenvalue weighted by Gasteiger charge is 2.32. The van der Waals surface area contributed by atoms with Gasteiger partial charge in [-0.1, -0.05) is 18.2 Å². The van der Waals surface area contributed by atoms with Crippen molar-refractivity contribution in [2.24, 2.45) is 22.2 Å². The molecule has 1 aromatic heterocycles. The summed E-state index contributed by atoms with van der Waals surface area (Å²) in [6.45, 7) is 0.792. The van der Waals surface area contributed by atoms with Crippen LogP contribution in [0.25, 0.3) is 10.9 Å². The number of hydrogen-bond donors (Lipinski definition) is 9. The van der Waals surface area contributed by atoms with E-state index in [1.54, 1.807) is 6.20 Å². The van der Waals surface area contributed by atoms with Crippen LogP contribution in [0.2, 0.25) is 0 Å². The van der Waals surface area contributed by atoms with Crippen molar-refractivity contribution in [3.63, 3.8) is 0 Å². The number of aromatic nitrogens is 1. The zero-order chi connectivity index (χ0) is 29.9. The van der Waals surface area contributed by atoms with Gasteiger partial charge in [0.25, 0.3) is 0 Å². The van der Waals surface area contributed by atoms with E-state index in [9.17, 15) is 29.1 Å². The van der Waals surface area contributed by atoms with Gasteiger partial charge in [-0.15, -0.1) is 0 Å². The Bertz CT molecular complexity index is 1280. The number of nitrogens with one attached hydrogen (secondary N) is 5. The molecule has 222 valence electrons. The summed E-state index contributed by atoms with van der Waals surface area (Å²) >= 11 is 0. The predicted octanol–water partition coefficient (Wildman–Crippen LogP) is -2.07. The number of nitrogens with zero attached hydrogens (tertiary/aromatic N) is 1. The summed E-state index contributed by atoms with van der Waals surface area (Å²) in [5.41, 5.74) is 17.5. The number of carboxylic acid groups (broad SMARTS) is 1. The lowest BCUT2D eigenvalue weighted by molar-refractivity contribution is -0.142. The van der Waals surface area contributed by atoms with Gasteiger partial charge in [0.15, 0.2) is 5.96 Å². The van der Waals surface area contributed by atoms with Gasteiger partial charge >= 0.3 is 5.97 Å². The van der Waals surface area contributed by atoms with Crippen molar-refractivity contribution in [1.82, 2.24) is 26.3 Å². The summed E-state index contributed by atoms with van der Waals surface area (Å²) in [4.78, 5) is 69.8. The zero-order valence-electron chi connectivity index (χ0n) is 22.5. The van der Waals surface area contributed by atoms with E-state index in [0.29, 0.717) is 18.5 Å². The normalized spacial score (nSPS) is 16.7. The molecule has 1 saturated heterocycles. The number of rotatable bonds is 15. The first-order chi connectivity index (χ1) is 19.5. The summed E-state index contributed by atoms with van der Waals surface area (Å²) in [6, 6.07) is 2.95. The fourth-order valence-corrected chi connectivity index (χ4v) is 4.63. The second-order valence-corrected chi connectivity index (χ2v) is 9.85. The number of primary amides is 1. The fourth-order valence-electron chi connectivity index (χ4n) is 4.63. The molecule has 15 nitrogen and oxygen atoms in total. The number of aromatic amines is 1. The summed E-state index contributed by atoms with van der Waals surface area (Å²) < 4.78 is 0. The highest BCUT2D eigenvalue weighted by Crippen LogP contribution is 2.19. The third-order valence-corrected chi connectivity index (χ3v) is 6.71.